The summed E-state index contributed by atoms with van der Waals surface area (Å²) >= 11 is 0. The highest BCUT2D eigenvalue weighted by Crippen LogP contribution is 2.21. The van der Waals surface area contributed by atoms with Crippen molar-refractivity contribution in [3.05, 3.63) is 90.5 Å². The molecule has 138 valence electrons. The van der Waals surface area contributed by atoms with Gasteiger partial charge in [-0.05, 0) is 24.1 Å². The number of pyridine rings is 1. The van der Waals surface area contributed by atoms with Gasteiger partial charge in [0, 0.05) is 18.1 Å². The average Bonchev–Trinajstić information content (AvgIpc) is 2.75. The molecule has 4 rings (SSSR count). The van der Waals surface area contributed by atoms with E-state index in [2.05, 4.69) is 37.7 Å². The van der Waals surface area contributed by atoms with Crippen LogP contribution in [0.3, 0.4) is 0 Å². The highest BCUT2D eigenvalue weighted by molar-refractivity contribution is 6.07. The van der Waals surface area contributed by atoms with E-state index >= 15 is 0 Å². The Kier molecular flexibility index (Phi) is 5.20. The number of benzene rings is 2. The second-order valence-electron chi connectivity index (χ2n) is 6.28. The standard InChI is InChI=1S/C22H19N5O/c28-22(27-18-10-4-8-17-9-5-12-24-21(17)18)19-14-26-20(15-25-19)23-13-11-16-6-2-1-3-7-16/h1-10,12,14-15H,11,13H2,(H,23,26)(H,27,28). The number of nitrogens with zero attached hydrogens (tertiary/aromatic N) is 3. The fraction of sp³-hybridized carbons (Fsp3) is 0.0909. The minimum Gasteiger partial charge on any atom is -0.368 e. The monoisotopic (exact) mass is 369 g/mol. The molecule has 2 N–H and O–H groups in total. The van der Waals surface area contributed by atoms with Crippen LogP contribution in [0.2, 0.25) is 0 Å². The number of nitrogens with one attached hydrogen (secondary N) is 2. The van der Waals surface area contributed by atoms with Crippen molar-refractivity contribution in [2.24, 2.45) is 0 Å². The molecule has 2 aromatic carbocycles. The molecule has 0 aliphatic carbocycles. The number of hydrogen-bond acceptors (Lipinski definition) is 5. The number of fused-ring (bicyclic) bond motifs is 1. The molecule has 0 saturated carbocycles. The average molecular weight is 369 g/mol. The first-order valence-electron chi connectivity index (χ1n) is 9.04. The molecule has 4 aromatic rings. The molecular formula is C22H19N5O. The van der Waals surface area contributed by atoms with Crippen LogP contribution in [0.5, 0.6) is 0 Å². The van der Waals surface area contributed by atoms with E-state index < -0.39 is 0 Å². The van der Waals surface area contributed by atoms with Crippen LogP contribution in [0.4, 0.5) is 11.5 Å². The Labute approximate surface area is 162 Å². The molecule has 0 aliphatic rings. The van der Waals surface area contributed by atoms with Crippen LogP contribution in [0, 0.1) is 0 Å². The van der Waals surface area contributed by atoms with E-state index in [1.54, 1.807) is 12.4 Å². The summed E-state index contributed by atoms with van der Waals surface area (Å²) in [6.07, 6.45) is 5.63. The molecule has 0 spiro atoms. The van der Waals surface area contributed by atoms with Gasteiger partial charge in [0.05, 0.1) is 23.6 Å². The number of anilines is 2. The van der Waals surface area contributed by atoms with E-state index in [1.165, 1.54) is 11.8 Å². The number of rotatable bonds is 6. The van der Waals surface area contributed by atoms with Crippen molar-refractivity contribution >= 4 is 28.3 Å². The topological polar surface area (TPSA) is 79.8 Å². The van der Waals surface area contributed by atoms with Gasteiger partial charge in [-0.1, -0.05) is 48.5 Å². The van der Waals surface area contributed by atoms with E-state index in [0.717, 1.165) is 23.9 Å². The van der Waals surface area contributed by atoms with E-state index in [4.69, 9.17) is 0 Å². The van der Waals surface area contributed by atoms with E-state index in [9.17, 15) is 4.79 Å². The summed E-state index contributed by atoms with van der Waals surface area (Å²) in [6, 6.07) is 19.7. The molecule has 28 heavy (non-hydrogen) atoms. The molecular weight excluding hydrogens is 350 g/mol. The molecule has 6 nitrogen and oxygen atoms in total. The Morgan fingerprint density at radius 2 is 1.71 bits per heavy atom. The van der Waals surface area contributed by atoms with Crippen LogP contribution in [-0.2, 0) is 6.42 Å². The molecule has 1 amide bonds. The molecule has 2 heterocycles. The highest BCUT2D eigenvalue weighted by Gasteiger charge is 2.11. The van der Waals surface area contributed by atoms with E-state index in [0.29, 0.717) is 11.5 Å². The lowest BCUT2D eigenvalue weighted by Gasteiger charge is -2.08. The second-order valence-corrected chi connectivity index (χ2v) is 6.28. The minimum atomic E-state index is -0.318. The Morgan fingerprint density at radius 1 is 0.857 bits per heavy atom. The van der Waals surface area contributed by atoms with Crippen molar-refractivity contribution in [1.82, 2.24) is 15.0 Å². The van der Waals surface area contributed by atoms with Crippen LogP contribution in [-0.4, -0.2) is 27.4 Å². The number of carbonyl (C=O) groups is 1. The summed E-state index contributed by atoms with van der Waals surface area (Å²) in [4.78, 5) is 25.4. The minimum absolute atomic E-state index is 0.251. The number of amides is 1. The predicted molar refractivity (Wildman–Crippen MR) is 110 cm³/mol. The third-order valence-corrected chi connectivity index (χ3v) is 4.33. The van der Waals surface area contributed by atoms with Gasteiger partial charge in [0.15, 0.2) is 0 Å². The maximum absolute atomic E-state index is 12.5. The van der Waals surface area contributed by atoms with Gasteiger partial charge in [-0.25, -0.2) is 9.97 Å². The van der Waals surface area contributed by atoms with Crippen molar-refractivity contribution < 1.29 is 4.79 Å². The molecule has 0 aliphatic heterocycles. The Morgan fingerprint density at radius 3 is 2.54 bits per heavy atom. The molecule has 0 saturated heterocycles. The van der Waals surface area contributed by atoms with Gasteiger partial charge in [0.2, 0.25) is 0 Å². The number of carbonyl (C=O) groups excluding carboxylic acids is 1. The summed E-state index contributed by atoms with van der Waals surface area (Å²) in [7, 11) is 0. The summed E-state index contributed by atoms with van der Waals surface area (Å²) < 4.78 is 0. The lowest BCUT2D eigenvalue weighted by atomic mass is 10.1. The lowest BCUT2D eigenvalue weighted by Crippen LogP contribution is -2.15. The van der Waals surface area contributed by atoms with E-state index in [1.807, 2.05) is 48.5 Å². The lowest BCUT2D eigenvalue weighted by molar-refractivity contribution is 0.102. The Balaban J connectivity index is 1.38. The Bertz CT molecular complexity index is 1080. The van der Waals surface area contributed by atoms with Gasteiger partial charge in [-0.15, -0.1) is 0 Å². The van der Waals surface area contributed by atoms with Crippen LogP contribution in [0.1, 0.15) is 16.1 Å². The zero-order chi connectivity index (χ0) is 19.2. The molecule has 6 heteroatoms. The maximum atomic E-state index is 12.5. The predicted octanol–water partition coefficient (Wildman–Crippen LogP) is 3.93. The maximum Gasteiger partial charge on any atom is 0.275 e. The fourth-order valence-corrected chi connectivity index (χ4v) is 2.91. The number of aromatic nitrogens is 3. The first-order valence-corrected chi connectivity index (χ1v) is 9.04. The molecule has 0 radical (unpaired) electrons. The Hall–Kier alpha value is -3.80. The van der Waals surface area contributed by atoms with Crippen LogP contribution in [0.15, 0.2) is 79.3 Å². The highest BCUT2D eigenvalue weighted by atomic mass is 16.1. The number of para-hydroxylation sites is 1. The normalized spacial score (nSPS) is 10.6. The SMILES string of the molecule is O=C(Nc1cccc2cccnc12)c1cnc(NCCc2ccccc2)cn1. The van der Waals surface area contributed by atoms with Gasteiger partial charge in [0.1, 0.15) is 11.5 Å². The smallest absolute Gasteiger partial charge is 0.275 e. The largest absolute Gasteiger partial charge is 0.368 e. The third kappa shape index (κ3) is 4.12. The second kappa shape index (κ2) is 8.26. The van der Waals surface area contributed by atoms with Crippen molar-refractivity contribution in [3.8, 4) is 0 Å². The number of hydrogen-bond donors (Lipinski definition) is 2. The van der Waals surface area contributed by atoms with Gasteiger partial charge in [-0.3, -0.25) is 9.78 Å². The van der Waals surface area contributed by atoms with Gasteiger partial charge in [0.25, 0.3) is 5.91 Å². The first-order chi connectivity index (χ1) is 13.8. The van der Waals surface area contributed by atoms with Crippen LogP contribution < -0.4 is 10.6 Å². The molecule has 0 fully saturated rings. The van der Waals surface area contributed by atoms with Crippen molar-refractivity contribution in [2.45, 2.75) is 6.42 Å². The first kappa shape index (κ1) is 17.6. The quantitative estimate of drug-likeness (QED) is 0.538. The van der Waals surface area contributed by atoms with Crippen molar-refractivity contribution in [2.75, 3.05) is 17.2 Å². The van der Waals surface area contributed by atoms with Gasteiger partial charge in [-0.2, -0.15) is 0 Å². The molecule has 0 bridgehead atoms. The summed E-state index contributed by atoms with van der Waals surface area (Å²) in [5, 5.41) is 7.04. The van der Waals surface area contributed by atoms with Crippen molar-refractivity contribution in [3.63, 3.8) is 0 Å². The van der Waals surface area contributed by atoms with Crippen LogP contribution >= 0.6 is 0 Å². The van der Waals surface area contributed by atoms with Gasteiger partial charge >= 0.3 is 0 Å². The third-order valence-electron chi connectivity index (χ3n) is 4.33. The van der Waals surface area contributed by atoms with Crippen LogP contribution in [0.25, 0.3) is 10.9 Å². The fourth-order valence-electron chi connectivity index (χ4n) is 2.91. The zero-order valence-corrected chi connectivity index (χ0v) is 15.2. The molecule has 0 unspecified atom stereocenters. The summed E-state index contributed by atoms with van der Waals surface area (Å²) in [5.41, 5.74) is 2.89. The molecule has 0 atom stereocenters. The van der Waals surface area contributed by atoms with Gasteiger partial charge < -0.3 is 10.6 Å². The summed E-state index contributed by atoms with van der Waals surface area (Å²) in [5.74, 6) is 0.320. The zero-order valence-electron chi connectivity index (χ0n) is 15.2. The van der Waals surface area contributed by atoms with Crippen molar-refractivity contribution in [1.29, 1.82) is 0 Å². The summed E-state index contributed by atoms with van der Waals surface area (Å²) in [6.45, 7) is 0.742. The molecule has 2 aromatic heterocycles. The van der Waals surface area contributed by atoms with E-state index in [-0.39, 0.29) is 11.6 Å².